The van der Waals surface area contributed by atoms with Crippen molar-refractivity contribution < 1.29 is 19.1 Å². The molecule has 30 heavy (non-hydrogen) atoms. The highest BCUT2D eigenvalue weighted by Crippen LogP contribution is 2.33. The zero-order chi connectivity index (χ0) is 21.1. The summed E-state index contributed by atoms with van der Waals surface area (Å²) in [6.07, 6.45) is -0.332. The number of benzene rings is 2. The number of ether oxygens (including phenoxy) is 1. The summed E-state index contributed by atoms with van der Waals surface area (Å²) in [7, 11) is 0. The van der Waals surface area contributed by atoms with Gasteiger partial charge in [-0.2, -0.15) is 0 Å². The van der Waals surface area contributed by atoms with Gasteiger partial charge in [0.05, 0.1) is 5.69 Å². The molecule has 0 bridgehead atoms. The topological polar surface area (TPSA) is 70.2 Å². The molecule has 2 aliphatic rings. The maximum Gasteiger partial charge on any atom is 0.267 e. The Morgan fingerprint density at radius 3 is 2.30 bits per heavy atom. The van der Waals surface area contributed by atoms with Crippen LogP contribution in [0.5, 0.6) is 5.75 Å². The molecule has 4 rings (SSSR count). The van der Waals surface area contributed by atoms with Crippen LogP contribution >= 0.6 is 0 Å². The number of amides is 3. The summed E-state index contributed by atoms with van der Waals surface area (Å²) in [6.45, 7) is 4.05. The van der Waals surface area contributed by atoms with Crippen LogP contribution in [0.15, 0.2) is 54.6 Å². The number of hydrogen-bond acceptors (Lipinski definition) is 4. The lowest BCUT2D eigenvalue weighted by Crippen LogP contribution is -2.51. The molecule has 1 atom stereocenters. The van der Waals surface area contributed by atoms with E-state index >= 15 is 0 Å². The Bertz CT molecular complexity index is 938. The van der Waals surface area contributed by atoms with E-state index in [0.717, 1.165) is 0 Å². The molecule has 2 heterocycles. The molecule has 7 heteroatoms. The van der Waals surface area contributed by atoms with Crippen LogP contribution < -0.4 is 9.64 Å². The molecule has 0 spiro atoms. The van der Waals surface area contributed by atoms with Crippen molar-refractivity contribution in [3.63, 3.8) is 0 Å². The number of fused-ring (bicyclic) bond motifs is 1. The van der Waals surface area contributed by atoms with E-state index in [0.29, 0.717) is 49.7 Å². The molecule has 0 aliphatic carbocycles. The zero-order valence-corrected chi connectivity index (χ0v) is 17.0. The maximum absolute atomic E-state index is 12.7. The van der Waals surface area contributed by atoms with Gasteiger partial charge >= 0.3 is 0 Å². The van der Waals surface area contributed by atoms with Gasteiger partial charge in [-0.25, -0.2) is 0 Å². The first-order valence-electron chi connectivity index (χ1n) is 10.2. The van der Waals surface area contributed by atoms with Gasteiger partial charge in [0, 0.05) is 44.7 Å². The highest BCUT2D eigenvalue weighted by molar-refractivity contribution is 6.00. The monoisotopic (exact) mass is 407 g/mol. The van der Waals surface area contributed by atoms with Crippen LogP contribution in [0.4, 0.5) is 5.69 Å². The molecule has 156 valence electrons. The van der Waals surface area contributed by atoms with E-state index in [1.54, 1.807) is 33.8 Å². The summed E-state index contributed by atoms with van der Waals surface area (Å²) in [5.74, 6) is 0.503. The summed E-state index contributed by atoms with van der Waals surface area (Å²) < 4.78 is 5.64. The van der Waals surface area contributed by atoms with Crippen LogP contribution in [-0.4, -0.2) is 66.3 Å². The molecule has 1 fully saturated rings. The van der Waals surface area contributed by atoms with Gasteiger partial charge in [0.25, 0.3) is 11.8 Å². The summed E-state index contributed by atoms with van der Waals surface area (Å²) in [4.78, 5) is 43.0. The maximum atomic E-state index is 12.7. The van der Waals surface area contributed by atoms with Crippen molar-refractivity contribution in [2.24, 2.45) is 0 Å². The Labute approximate surface area is 175 Å². The van der Waals surface area contributed by atoms with Crippen molar-refractivity contribution in [2.45, 2.75) is 19.4 Å². The van der Waals surface area contributed by atoms with Gasteiger partial charge in [-0.15, -0.1) is 0 Å². The van der Waals surface area contributed by atoms with Crippen molar-refractivity contribution in [2.75, 3.05) is 37.6 Å². The molecular formula is C23H25N3O4. The third-order valence-electron chi connectivity index (χ3n) is 5.56. The molecule has 0 saturated carbocycles. The molecule has 0 unspecified atom stereocenters. The van der Waals surface area contributed by atoms with Crippen molar-refractivity contribution in [1.29, 1.82) is 0 Å². The van der Waals surface area contributed by atoms with Crippen molar-refractivity contribution in [3.8, 4) is 5.75 Å². The predicted molar refractivity (Wildman–Crippen MR) is 112 cm³/mol. The van der Waals surface area contributed by atoms with Gasteiger partial charge in [-0.1, -0.05) is 30.3 Å². The molecule has 7 nitrogen and oxygen atoms in total. The van der Waals surface area contributed by atoms with Crippen LogP contribution in [0.2, 0.25) is 0 Å². The summed E-state index contributed by atoms with van der Waals surface area (Å²) in [6, 6.07) is 16.6. The first-order valence-corrected chi connectivity index (χ1v) is 10.2. The van der Waals surface area contributed by atoms with Crippen LogP contribution in [0.3, 0.4) is 0 Å². The molecule has 3 amide bonds. The number of anilines is 1. The van der Waals surface area contributed by atoms with E-state index in [-0.39, 0.29) is 24.1 Å². The van der Waals surface area contributed by atoms with Gasteiger partial charge in [-0.05, 0) is 31.2 Å². The van der Waals surface area contributed by atoms with E-state index in [2.05, 4.69) is 0 Å². The Hall–Kier alpha value is -3.35. The molecule has 1 saturated heterocycles. The average Bonchev–Trinajstić information content (AvgIpc) is 2.79. The van der Waals surface area contributed by atoms with Gasteiger partial charge in [-0.3, -0.25) is 14.4 Å². The van der Waals surface area contributed by atoms with E-state index in [1.165, 1.54) is 0 Å². The normalized spacial score (nSPS) is 18.6. The molecule has 2 aliphatic heterocycles. The minimum Gasteiger partial charge on any atom is -0.479 e. The van der Waals surface area contributed by atoms with Crippen molar-refractivity contribution in [1.82, 2.24) is 9.80 Å². The van der Waals surface area contributed by atoms with Crippen LogP contribution in [0, 0.1) is 0 Å². The molecule has 2 aromatic carbocycles. The predicted octanol–water partition coefficient (Wildman–Crippen LogP) is 2.18. The van der Waals surface area contributed by atoms with E-state index in [1.807, 2.05) is 42.5 Å². The number of carbonyl (C=O) groups is 3. The second-order valence-corrected chi connectivity index (χ2v) is 7.51. The number of hydrogen-bond donors (Lipinski definition) is 0. The first kappa shape index (κ1) is 19.9. The highest BCUT2D eigenvalue weighted by Gasteiger charge is 2.32. The molecular weight excluding hydrogens is 382 g/mol. The van der Waals surface area contributed by atoms with E-state index < -0.39 is 6.10 Å². The van der Waals surface area contributed by atoms with Crippen molar-refractivity contribution in [3.05, 3.63) is 60.2 Å². The van der Waals surface area contributed by atoms with Crippen molar-refractivity contribution >= 4 is 23.4 Å². The number of carbonyl (C=O) groups excluding carboxylic acids is 3. The zero-order valence-electron chi connectivity index (χ0n) is 17.0. The van der Waals surface area contributed by atoms with Gasteiger partial charge in [0.2, 0.25) is 5.91 Å². The van der Waals surface area contributed by atoms with Crippen LogP contribution in [0.25, 0.3) is 0 Å². The Kier molecular flexibility index (Phi) is 5.70. The quantitative estimate of drug-likeness (QED) is 0.779. The standard InChI is InChI=1S/C23H25N3O4/c1-17-22(28)26(19-9-5-6-10-20(19)30-17)12-11-21(27)24-13-15-25(16-14-24)23(29)18-7-3-2-4-8-18/h2-10,17H,11-16H2,1H3/t17-/m1/s1. The summed E-state index contributed by atoms with van der Waals surface area (Å²) in [5.41, 5.74) is 1.36. The fourth-order valence-corrected chi connectivity index (χ4v) is 3.88. The SMILES string of the molecule is C[C@H]1Oc2ccccc2N(CCC(=O)N2CCN(C(=O)c3ccccc3)CC2)C1=O. The summed E-state index contributed by atoms with van der Waals surface area (Å²) in [5, 5.41) is 0. The van der Waals surface area contributed by atoms with Gasteiger partial charge < -0.3 is 19.4 Å². The third-order valence-corrected chi connectivity index (χ3v) is 5.56. The number of piperazine rings is 1. The first-order chi connectivity index (χ1) is 14.5. The minimum absolute atomic E-state index is 0.00722. The fraction of sp³-hybridized carbons (Fsp3) is 0.348. The fourth-order valence-electron chi connectivity index (χ4n) is 3.88. The van der Waals surface area contributed by atoms with E-state index in [9.17, 15) is 14.4 Å². The Morgan fingerprint density at radius 1 is 0.933 bits per heavy atom. The lowest BCUT2D eigenvalue weighted by molar-refractivity contribution is -0.132. The molecule has 0 aromatic heterocycles. The number of para-hydroxylation sites is 2. The highest BCUT2D eigenvalue weighted by atomic mass is 16.5. The van der Waals surface area contributed by atoms with Crippen LogP contribution in [0.1, 0.15) is 23.7 Å². The van der Waals surface area contributed by atoms with E-state index in [4.69, 9.17) is 4.74 Å². The average molecular weight is 407 g/mol. The second-order valence-electron chi connectivity index (χ2n) is 7.51. The lowest BCUT2D eigenvalue weighted by atomic mass is 10.1. The molecule has 0 N–H and O–H groups in total. The third kappa shape index (κ3) is 4.01. The Morgan fingerprint density at radius 2 is 1.57 bits per heavy atom. The van der Waals surface area contributed by atoms with Crippen LogP contribution in [-0.2, 0) is 9.59 Å². The largest absolute Gasteiger partial charge is 0.479 e. The number of nitrogens with zero attached hydrogens (tertiary/aromatic N) is 3. The molecule has 0 radical (unpaired) electrons. The van der Waals surface area contributed by atoms with Gasteiger partial charge in [0.15, 0.2) is 6.10 Å². The molecule has 2 aromatic rings. The minimum atomic E-state index is -0.567. The second kappa shape index (κ2) is 8.57. The smallest absolute Gasteiger partial charge is 0.267 e. The number of rotatable bonds is 4. The lowest BCUT2D eigenvalue weighted by Gasteiger charge is -2.36. The van der Waals surface area contributed by atoms with Gasteiger partial charge in [0.1, 0.15) is 5.75 Å². The summed E-state index contributed by atoms with van der Waals surface area (Å²) >= 11 is 0. The Balaban J connectivity index is 1.32.